The van der Waals surface area contributed by atoms with Crippen LogP contribution in [0, 0.1) is 5.82 Å². The number of benzene rings is 2. The Balaban J connectivity index is 0.00000420. The molecule has 0 aliphatic heterocycles. The maximum absolute atomic E-state index is 13.8. The minimum absolute atomic E-state index is 0. The topological polar surface area (TPSA) is 64.1 Å². The van der Waals surface area contributed by atoms with Gasteiger partial charge in [0.1, 0.15) is 0 Å². The summed E-state index contributed by atoms with van der Waals surface area (Å²) in [5.41, 5.74) is 1.90. The average Bonchev–Trinajstić information content (AvgIpc) is 2.71. The van der Waals surface area contributed by atoms with E-state index >= 15 is 0 Å². The number of aliphatic imine (C=N–C) groups is 1. The van der Waals surface area contributed by atoms with Gasteiger partial charge >= 0.3 is 0 Å². The van der Waals surface area contributed by atoms with Gasteiger partial charge < -0.3 is 24.8 Å². The first-order valence-electron chi connectivity index (χ1n) is 9.16. The van der Waals surface area contributed by atoms with E-state index in [1.165, 1.54) is 13.2 Å². The molecule has 2 aromatic rings. The van der Waals surface area contributed by atoms with Crippen LogP contribution in [0.4, 0.5) is 4.39 Å². The fraction of sp³-hybridized carbons (Fsp3) is 0.381. The summed E-state index contributed by atoms with van der Waals surface area (Å²) in [5.74, 6) is 1.94. The molecule has 0 amide bonds. The van der Waals surface area contributed by atoms with E-state index in [1.807, 2.05) is 25.1 Å². The van der Waals surface area contributed by atoms with Gasteiger partial charge in [-0.1, -0.05) is 12.1 Å². The van der Waals surface area contributed by atoms with Crippen LogP contribution in [-0.2, 0) is 13.0 Å². The van der Waals surface area contributed by atoms with Crippen molar-refractivity contribution >= 4 is 29.9 Å². The van der Waals surface area contributed by atoms with Gasteiger partial charge in [-0.25, -0.2) is 9.38 Å². The Kier molecular flexibility index (Phi) is 11.2. The van der Waals surface area contributed by atoms with Gasteiger partial charge in [-0.2, -0.15) is 0 Å². The number of nitrogens with zero attached hydrogens (tertiary/aromatic N) is 1. The number of nitrogens with one attached hydrogen (secondary N) is 2. The zero-order chi connectivity index (χ0) is 20.4. The van der Waals surface area contributed by atoms with Crippen LogP contribution in [-0.4, -0.2) is 40.4 Å². The van der Waals surface area contributed by atoms with Crippen LogP contribution in [0.2, 0.25) is 0 Å². The molecule has 29 heavy (non-hydrogen) atoms. The van der Waals surface area contributed by atoms with Gasteiger partial charge in [-0.3, -0.25) is 0 Å². The highest BCUT2D eigenvalue weighted by Crippen LogP contribution is 2.27. The third-order valence-corrected chi connectivity index (χ3v) is 4.13. The molecule has 2 rings (SSSR count). The Labute approximate surface area is 188 Å². The minimum atomic E-state index is -0.387. The van der Waals surface area contributed by atoms with Gasteiger partial charge in [0.15, 0.2) is 29.0 Å². The van der Waals surface area contributed by atoms with E-state index in [-0.39, 0.29) is 35.5 Å². The van der Waals surface area contributed by atoms with Crippen LogP contribution in [0.5, 0.6) is 17.2 Å². The first-order valence-corrected chi connectivity index (χ1v) is 9.16. The van der Waals surface area contributed by atoms with Gasteiger partial charge in [0.25, 0.3) is 0 Å². The number of rotatable bonds is 9. The highest BCUT2D eigenvalue weighted by molar-refractivity contribution is 14.0. The molecule has 160 valence electrons. The molecular weight excluding hydrogens is 488 g/mol. The van der Waals surface area contributed by atoms with Crippen molar-refractivity contribution in [2.24, 2.45) is 4.99 Å². The Hall–Kier alpha value is -2.23. The van der Waals surface area contributed by atoms with Crippen molar-refractivity contribution < 1.29 is 18.6 Å². The lowest BCUT2D eigenvalue weighted by atomic mass is 10.1. The standard InChI is InChI=1S/C21H28FN3O3.HI/c1-5-23-21(25-14-16-7-8-18(26-2)17(22)12-16)24-11-10-15-6-9-19(27-3)20(13-15)28-4;/h6-9,12-13H,5,10-11,14H2,1-4H3,(H2,23,24,25);1H. The molecule has 0 saturated heterocycles. The number of hydrogen-bond donors (Lipinski definition) is 2. The van der Waals surface area contributed by atoms with Crippen LogP contribution in [0.25, 0.3) is 0 Å². The maximum Gasteiger partial charge on any atom is 0.191 e. The monoisotopic (exact) mass is 517 g/mol. The molecule has 2 aromatic carbocycles. The summed E-state index contributed by atoms with van der Waals surface area (Å²) in [6.45, 7) is 3.79. The Bertz CT molecular complexity index is 803. The van der Waals surface area contributed by atoms with Crippen molar-refractivity contribution in [1.82, 2.24) is 10.6 Å². The molecule has 0 aromatic heterocycles. The lowest BCUT2D eigenvalue weighted by molar-refractivity contribution is 0.354. The van der Waals surface area contributed by atoms with E-state index in [4.69, 9.17) is 14.2 Å². The first-order chi connectivity index (χ1) is 13.6. The largest absolute Gasteiger partial charge is 0.494 e. The van der Waals surface area contributed by atoms with Crippen molar-refractivity contribution in [2.45, 2.75) is 19.9 Å². The molecule has 0 fully saturated rings. The van der Waals surface area contributed by atoms with E-state index in [0.29, 0.717) is 30.5 Å². The summed E-state index contributed by atoms with van der Waals surface area (Å²) < 4.78 is 29.3. The SMILES string of the molecule is CCNC(=NCc1ccc(OC)c(F)c1)NCCc1ccc(OC)c(OC)c1.I. The molecule has 0 aliphatic carbocycles. The third-order valence-electron chi connectivity index (χ3n) is 4.13. The van der Waals surface area contributed by atoms with Crippen molar-refractivity contribution in [3.63, 3.8) is 0 Å². The second-order valence-electron chi connectivity index (χ2n) is 6.03. The minimum Gasteiger partial charge on any atom is -0.494 e. The second kappa shape index (κ2) is 13.1. The van der Waals surface area contributed by atoms with Gasteiger partial charge in [0.05, 0.1) is 27.9 Å². The second-order valence-corrected chi connectivity index (χ2v) is 6.03. The summed E-state index contributed by atoms with van der Waals surface area (Å²) in [4.78, 5) is 4.51. The van der Waals surface area contributed by atoms with E-state index in [9.17, 15) is 4.39 Å². The van der Waals surface area contributed by atoms with Gasteiger partial charge in [0.2, 0.25) is 0 Å². The first kappa shape index (κ1) is 24.8. The van der Waals surface area contributed by atoms with E-state index in [1.54, 1.807) is 26.4 Å². The van der Waals surface area contributed by atoms with E-state index in [0.717, 1.165) is 24.1 Å². The average molecular weight is 517 g/mol. The number of halogens is 2. The predicted octanol–water partition coefficient (Wildman–Crippen LogP) is 3.77. The molecule has 0 bridgehead atoms. The molecule has 0 radical (unpaired) electrons. The summed E-state index contributed by atoms with van der Waals surface area (Å²) in [5, 5.41) is 6.48. The van der Waals surface area contributed by atoms with Gasteiger partial charge in [-0.05, 0) is 48.7 Å². The van der Waals surface area contributed by atoms with Crippen molar-refractivity contribution in [2.75, 3.05) is 34.4 Å². The smallest absolute Gasteiger partial charge is 0.191 e. The third kappa shape index (κ3) is 7.60. The van der Waals surface area contributed by atoms with Crippen LogP contribution in [0.15, 0.2) is 41.4 Å². The molecule has 0 atom stereocenters. The lowest BCUT2D eigenvalue weighted by Crippen LogP contribution is -2.38. The number of ether oxygens (including phenoxy) is 3. The summed E-state index contributed by atoms with van der Waals surface area (Å²) in [6, 6.07) is 10.7. The molecule has 0 unspecified atom stereocenters. The number of hydrogen-bond acceptors (Lipinski definition) is 4. The molecule has 0 heterocycles. The van der Waals surface area contributed by atoms with Crippen LogP contribution in [0.3, 0.4) is 0 Å². The molecule has 0 aliphatic rings. The Morgan fingerprint density at radius 2 is 1.55 bits per heavy atom. The van der Waals surface area contributed by atoms with Crippen molar-refractivity contribution in [1.29, 1.82) is 0 Å². The van der Waals surface area contributed by atoms with Crippen LogP contribution in [0.1, 0.15) is 18.1 Å². The fourth-order valence-corrected chi connectivity index (χ4v) is 2.68. The van der Waals surface area contributed by atoms with Gasteiger partial charge in [-0.15, -0.1) is 24.0 Å². The molecule has 0 spiro atoms. The van der Waals surface area contributed by atoms with Crippen LogP contribution < -0.4 is 24.8 Å². The molecule has 0 saturated carbocycles. The fourth-order valence-electron chi connectivity index (χ4n) is 2.68. The molecule has 2 N–H and O–H groups in total. The highest BCUT2D eigenvalue weighted by atomic mass is 127. The maximum atomic E-state index is 13.8. The van der Waals surface area contributed by atoms with Gasteiger partial charge in [0, 0.05) is 13.1 Å². The number of methoxy groups -OCH3 is 3. The highest BCUT2D eigenvalue weighted by Gasteiger charge is 2.06. The summed E-state index contributed by atoms with van der Waals surface area (Å²) in [7, 11) is 4.69. The van der Waals surface area contributed by atoms with Crippen molar-refractivity contribution in [3.05, 3.63) is 53.3 Å². The normalized spacial score (nSPS) is 10.7. The Morgan fingerprint density at radius 1 is 0.897 bits per heavy atom. The predicted molar refractivity (Wildman–Crippen MR) is 124 cm³/mol. The lowest BCUT2D eigenvalue weighted by Gasteiger charge is -2.13. The quantitative estimate of drug-likeness (QED) is 0.301. The van der Waals surface area contributed by atoms with Crippen molar-refractivity contribution in [3.8, 4) is 17.2 Å². The van der Waals surface area contributed by atoms with Crippen LogP contribution >= 0.6 is 24.0 Å². The van der Waals surface area contributed by atoms with E-state index in [2.05, 4.69) is 15.6 Å². The summed E-state index contributed by atoms with van der Waals surface area (Å²) >= 11 is 0. The molecule has 8 heteroatoms. The molecule has 6 nitrogen and oxygen atoms in total. The zero-order valence-corrected chi connectivity index (χ0v) is 19.6. The Morgan fingerprint density at radius 3 is 2.17 bits per heavy atom. The number of guanidine groups is 1. The molecular formula is C21H29FIN3O3. The van der Waals surface area contributed by atoms with E-state index < -0.39 is 0 Å². The summed E-state index contributed by atoms with van der Waals surface area (Å²) in [6.07, 6.45) is 0.794. The zero-order valence-electron chi connectivity index (χ0n) is 17.3.